The molecule has 1 fully saturated rings. The smallest absolute Gasteiger partial charge is 0.258 e. The highest BCUT2D eigenvalue weighted by molar-refractivity contribution is 6.01. The minimum Gasteiger partial charge on any atom is -0.493 e. The zero-order chi connectivity index (χ0) is 22.2. The fourth-order valence-electron chi connectivity index (χ4n) is 5.16. The van der Waals surface area contributed by atoms with Gasteiger partial charge in [0.05, 0.1) is 25.7 Å². The molecule has 1 aromatic carbocycles. The first kappa shape index (κ1) is 20.6. The third kappa shape index (κ3) is 3.34. The van der Waals surface area contributed by atoms with Gasteiger partial charge in [0, 0.05) is 36.3 Å². The Kier molecular flexibility index (Phi) is 5.36. The molecule has 1 aliphatic carbocycles. The predicted molar refractivity (Wildman–Crippen MR) is 122 cm³/mol. The Morgan fingerprint density at radius 3 is 2.59 bits per heavy atom. The monoisotopic (exact) mass is 436 g/mol. The van der Waals surface area contributed by atoms with Crippen LogP contribution >= 0.6 is 0 Å². The number of aromatic amines is 1. The van der Waals surface area contributed by atoms with Crippen LogP contribution in [-0.4, -0.2) is 43.1 Å². The van der Waals surface area contributed by atoms with Crippen LogP contribution in [0.2, 0.25) is 0 Å². The molecular formula is C24H28N4O4. The van der Waals surface area contributed by atoms with E-state index < -0.39 is 5.92 Å². The second-order valence-corrected chi connectivity index (χ2v) is 8.51. The molecule has 2 N–H and O–H groups in total. The Hall–Kier alpha value is -3.29. The number of H-pyrrole nitrogens is 1. The quantitative estimate of drug-likeness (QED) is 0.759. The number of rotatable bonds is 4. The van der Waals surface area contributed by atoms with Crippen LogP contribution in [0.1, 0.15) is 55.6 Å². The summed E-state index contributed by atoms with van der Waals surface area (Å²) in [5, 5.41) is 3.34. The number of nitrogens with zero attached hydrogens (tertiary/aromatic N) is 2. The first-order valence-corrected chi connectivity index (χ1v) is 11.3. The van der Waals surface area contributed by atoms with E-state index in [1.54, 1.807) is 14.2 Å². The molecule has 0 amide bonds. The number of hydrogen-bond acceptors (Lipinski definition) is 7. The lowest BCUT2D eigenvalue weighted by Crippen LogP contribution is -2.36. The van der Waals surface area contributed by atoms with Crippen molar-refractivity contribution in [1.82, 2.24) is 9.97 Å². The largest absolute Gasteiger partial charge is 0.493 e. The molecule has 1 saturated heterocycles. The second-order valence-electron chi connectivity index (χ2n) is 8.51. The number of fused-ring (bicyclic) bond motifs is 1. The lowest BCUT2D eigenvalue weighted by atomic mass is 9.76. The van der Waals surface area contributed by atoms with Crippen molar-refractivity contribution in [2.45, 2.75) is 44.4 Å². The summed E-state index contributed by atoms with van der Waals surface area (Å²) in [6.45, 7) is 1.75. The number of hydrogen-bond donors (Lipinski definition) is 2. The molecule has 8 heteroatoms. The van der Waals surface area contributed by atoms with E-state index in [1.807, 2.05) is 18.2 Å². The molecule has 32 heavy (non-hydrogen) atoms. The number of carbonyl (C=O) groups is 1. The number of Topliss-reactive ketones (excluding diaryl/α,β-unsaturated/α-hetero) is 1. The van der Waals surface area contributed by atoms with Crippen molar-refractivity contribution in [3.05, 3.63) is 50.9 Å². The molecule has 168 valence electrons. The van der Waals surface area contributed by atoms with Crippen LogP contribution in [0.15, 0.2) is 34.3 Å². The van der Waals surface area contributed by atoms with Crippen molar-refractivity contribution in [2.75, 3.05) is 37.5 Å². The van der Waals surface area contributed by atoms with Crippen molar-refractivity contribution in [3.8, 4) is 11.5 Å². The van der Waals surface area contributed by atoms with Gasteiger partial charge in [0.25, 0.3) is 5.56 Å². The number of anilines is 2. The van der Waals surface area contributed by atoms with Crippen LogP contribution < -0.4 is 25.2 Å². The van der Waals surface area contributed by atoms with E-state index in [-0.39, 0.29) is 11.3 Å². The molecular weight excluding hydrogens is 408 g/mol. The summed E-state index contributed by atoms with van der Waals surface area (Å²) >= 11 is 0. The topological polar surface area (TPSA) is 96.5 Å². The zero-order valence-electron chi connectivity index (χ0n) is 18.5. The Morgan fingerprint density at radius 1 is 1.03 bits per heavy atom. The Balaban J connectivity index is 1.72. The van der Waals surface area contributed by atoms with E-state index in [9.17, 15) is 9.59 Å². The number of methoxy groups -OCH3 is 2. The summed E-state index contributed by atoms with van der Waals surface area (Å²) in [4.78, 5) is 36.5. The van der Waals surface area contributed by atoms with Crippen molar-refractivity contribution in [1.29, 1.82) is 0 Å². The summed E-state index contributed by atoms with van der Waals surface area (Å²) in [6, 6.07) is 5.56. The highest BCUT2D eigenvalue weighted by Crippen LogP contribution is 2.47. The summed E-state index contributed by atoms with van der Waals surface area (Å²) in [5.74, 6) is 1.69. The van der Waals surface area contributed by atoms with Crippen molar-refractivity contribution < 1.29 is 14.3 Å². The molecule has 0 saturated carbocycles. The summed E-state index contributed by atoms with van der Waals surface area (Å²) in [6.07, 6.45) is 5.36. The molecule has 1 atom stereocenters. The second kappa shape index (κ2) is 8.33. The number of piperidine rings is 1. The van der Waals surface area contributed by atoms with E-state index in [0.717, 1.165) is 50.0 Å². The maximum absolute atomic E-state index is 13.5. The van der Waals surface area contributed by atoms with Crippen LogP contribution in [0.3, 0.4) is 0 Å². The van der Waals surface area contributed by atoms with Gasteiger partial charge in [-0.15, -0.1) is 0 Å². The van der Waals surface area contributed by atoms with E-state index >= 15 is 0 Å². The average Bonchev–Trinajstić information content (AvgIpc) is 2.82. The van der Waals surface area contributed by atoms with Gasteiger partial charge in [-0.1, -0.05) is 12.1 Å². The van der Waals surface area contributed by atoms with Gasteiger partial charge < -0.3 is 19.7 Å². The first-order valence-electron chi connectivity index (χ1n) is 11.3. The number of para-hydroxylation sites is 1. The van der Waals surface area contributed by atoms with Gasteiger partial charge in [0.1, 0.15) is 5.82 Å². The fraction of sp³-hybridized carbons (Fsp3) is 0.458. The first-order chi connectivity index (χ1) is 15.6. The number of ketones is 1. The zero-order valence-corrected chi connectivity index (χ0v) is 18.5. The third-order valence-corrected chi connectivity index (χ3v) is 6.65. The van der Waals surface area contributed by atoms with Gasteiger partial charge in [-0.05, 0) is 38.2 Å². The molecule has 3 heterocycles. The third-order valence-electron chi connectivity index (χ3n) is 6.65. The Morgan fingerprint density at radius 2 is 1.84 bits per heavy atom. The van der Waals surface area contributed by atoms with Gasteiger partial charge >= 0.3 is 0 Å². The van der Waals surface area contributed by atoms with Crippen molar-refractivity contribution >= 4 is 17.5 Å². The Labute approximate surface area is 186 Å². The maximum atomic E-state index is 13.5. The molecule has 8 nitrogen and oxygen atoms in total. The van der Waals surface area contributed by atoms with E-state index in [2.05, 4.69) is 15.2 Å². The molecule has 0 unspecified atom stereocenters. The molecule has 1 aromatic heterocycles. The number of ether oxygens (including phenoxy) is 2. The summed E-state index contributed by atoms with van der Waals surface area (Å²) in [5.41, 5.74) is 2.43. The predicted octanol–water partition coefficient (Wildman–Crippen LogP) is 3.34. The molecule has 0 spiro atoms. The maximum Gasteiger partial charge on any atom is 0.258 e. The molecule has 2 aliphatic heterocycles. The molecule has 5 rings (SSSR count). The lowest BCUT2D eigenvalue weighted by molar-refractivity contribution is -0.116. The summed E-state index contributed by atoms with van der Waals surface area (Å²) < 4.78 is 11.2. The minimum absolute atomic E-state index is 0.0544. The average molecular weight is 437 g/mol. The van der Waals surface area contributed by atoms with E-state index in [1.165, 1.54) is 6.42 Å². The number of nitrogens with one attached hydrogen (secondary N) is 2. The molecule has 0 bridgehead atoms. The molecule has 0 radical (unpaired) electrons. The van der Waals surface area contributed by atoms with E-state index in [4.69, 9.17) is 14.5 Å². The molecule has 3 aliphatic rings. The lowest BCUT2D eigenvalue weighted by Gasteiger charge is -2.34. The number of allylic oxidation sites excluding steroid dienone is 2. The highest BCUT2D eigenvalue weighted by atomic mass is 16.5. The summed E-state index contributed by atoms with van der Waals surface area (Å²) in [7, 11) is 3.15. The van der Waals surface area contributed by atoms with Crippen molar-refractivity contribution in [3.63, 3.8) is 0 Å². The molecule has 2 aromatic rings. The van der Waals surface area contributed by atoms with Gasteiger partial charge in [0.2, 0.25) is 5.95 Å². The SMILES string of the molecule is COc1cccc([C@H]2C3=C(CCCC3=O)Nc3nc(N4CCCCC4)[nH]c(=O)c32)c1OC. The van der Waals surface area contributed by atoms with Crippen LogP contribution in [-0.2, 0) is 4.79 Å². The van der Waals surface area contributed by atoms with Crippen molar-refractivity contribution in [2.24, 2.45) is 0 Å². The van der Waals surface area contributed by atoms with Crippen LogP contribution in [0.4, 0.5) is 11.8 Å². The van der Waals surface area contributed by atoms with Crippen LogP contribution in [0.5, 0.6) is 11.5 Å². The standard InChI is InChI=1S/C24H28N4O4/c1-31-17-11-6-8-14(21(17)32-2)18-19-15(9-7-10-16(19)29)25-22-20(18)23(30)27-24(26-22)28-12-4-3-5-13-28/h6,8,11,18H,3-5,7,9-10,12-13H2,1-2H3,(H2,25,26,27,30)/t18-/m0/s1. The number of benzene rings is 1. The van der Waals surface area contributed by atoms with Gasteiger partial charge in [-0.2, -0.15) is 4.98 Å². The van der Waals surface area contributed by atoms with E-state index in [0.29, 0.717) is 40.8 Å². The minimum atomic E-state index is -0.564. The fourth-order valence-corrected chi connectivity index (χ4v) is 5.16. The number of carbonyl (C=O) groups excluding carboxylic acids is 1. The van der Waals surface area contributed by atoms with Gasteiger partial charge in [0.15, 0.2) is 17.3 Å². The van der Waals surface area contributed by atoms with Crippen LogP contribution in [0, 0.1) is 0 Å². The Bertz CT molecular complexity index is 1150. The number of aromatic nitrogens is 2. The normalized spacial score (nSPS) is 20.4. The highest BCUT2D eigenvalue weighted by Gasteiger charge is 2.39. The van der Waals surface area contributed by atoms with Gasteiger partial charge in [-0.25, -0.2) is 0 Å². The van der Waals surface area contributed by atoms with Gasteiger partial charge in [-0.3, -0.25) is 14.6 Å². The van der Waals surface area contributed by atoms with Crippen LogP contribution in [0.25, 0.3) is 0 Å².